The lowest BCUT2D eigenvalue weighted by Crippen LogP contribution is -2.59. The zero-order valence-electron chi connectivity index (χ0n) is 33.5. The first kappa shape index (κ1) is 41.1. The van der Waals surface area contributed by atoms with E-state index in [1.165, 1.54) is 5.56 Å². The summed E-state index contributed by atoms with van der Waals surface area (Å²) >= 11 is 0. The van der Waals surface area contributed by atoms with Crippen LogP contribution in [-0.2, 0) is 34.7 Å². The van der Waals surface area contributed by atoms with Crippen molar-refractivity contribution in [1.82, 2.24) is 14.9 Å². The van der Waals surface area contributed by atoms with Crippen molar-refractivity contribution in [3.05, 3.63) is 88.0 Å². The number of carbonyl (C=O) groups excluding carboxylic acids is 1. The van der Waals surface area contributed by atoms with Crippen molar-refractivity contribution in [2.24, 2.45) is 0 Å². The molecule has 2 fully saturated rings. The minimum absolute atomic E-state index is 0.0887. The van der Waals surface area contributed by atoms with Crippen LogP contribution < -0.4 is 4.74 Å². The average Bonchev–Trinajstić information content (AvgIpc) is 2.97. The average molecular weight is 718 g/mol. The van der Waals surface area contributed by atoms with Crippen LogP contribution in [0, 0.1) is 0 Å². The SMILES string of the molecule is CC(C)(C)c1cc(CN2CC(N(O)C(=O)Oc3ccccc3)C2)cc(C(C)(C)C)c1O.CC(C)(C)c1cc(CN2CC(O)C2)cc(C(C)(C)C)c1O. The number of para-hydroxylation sites is 1. The highest BCUT2D eigenvalue weighted by Crippen LogP contribution is 2.41. The predicted octanol–water partition coefficient (Wildman–Crippen LogP) is 8.23. The second-order valence-electron chi connectivity index (χ2n) is 18.8. The van der Waals surface area contributed by atoms with Gasteiger partial charge in [0.25, 0.3) is 0 Å². The van der Waals surface area contributed by atoms with E-state index in [2.05, 4.69) is 117 Å². The molecule has 0 aliphatic carbocycles. The monoisotopic (exact) mass is 717 g/mol. The molecule has 2 aliphatic heterocycles. The first-order valence-corrected chi connectivity index (χ1v) is 18.5. The molecule has 1 amide bonds. The topological polar surface area (TPSA) is 117 Å². The van der Waals surface area contributed by atoms with Crippen LogP contribution in [0.15, 0.2) is 54.6 Å². The summed E-state index contributed by atoms with van der Waals surface area (Å²) in [7, 11) is 0. The summed E-state index contributed by atoms with van der Waals surface area (Å²) in [4.78, 5) is 16.6. The molecular weight excluding hydrogens is 654 g/mol. The summed E-state index contributed by atoms with van der Waals surface area (Å²) in [5.74, 6) is 1.20. The minimum Gasteiger partial charge on any atom is -0.507 e. The number of phenols is 2. The number of hydrogen-bond acceptors (Lipinski definition) is 8. The maximum absolute atomic E-state index is 12.2. The number of amides is 1. The Balaban J connectivity index is 0.000000251. The molecule has 0 bridgehead atoms. The van der Waals surface area contributed by atoms with Gasteiger partial charge in [0.05, 0.1) is 12.1 Å². The van der Waals surface area contributed by atoms with Crippen LogP contribution in [0.4, 0.5) is 4.79 Å². The van der Waals surface area contributed by atoms with E-state index in [1.54, 1.807) is 24.3 Å². The van der Waals surface area contributed by atoms with Gasteiger partial charge in [0.1, 0.15) is 17.2 Å². The number of likely N-dealkylation sites (tertiary alicyclic amines) is 2. The molecule has 52 heavy (non-hydrogen) atoms. The van der Waals surface area contributed by atoms with E-state index >= 15 is 0 Å². The fourth-order valence-electron chi connectivity index (χ4n) is 6.66. The third-order valence-electron chi connectivity index (χ3n) is 9.74. The Morgan fingerprint density at radius 3 is 1.33 bits per heavy atom. The molecule has 9 nitrogen and oxygen atoms in total. The fourth-order valence-corrected chi connectivity index (χ4v) is 6.66. The molecule has 3 aromatic carbocycles. The second kappa shape index (κ2) is 15.4. The van der Waals surface area contributed by atoms with Gasteiger partial charge in [-0.3, -0.25) is 15.0 Å². The maximum atomic E-state index is 12.2. The molecule has 2 aliphatic rings. The Bertz CT molecular complexity index is 1610. The lowest BCUT2D eigenvalue weighted by molar-refractivity contribution is -0.134. The molecule has 0 spiro atoms. The fraction of sp³-hybridized carbons (Fsp3) is 0.558. The van der Waals surface area contributed by atoms with Gasteiger partial charge in [0.15, 0.2) is 0 Å². The number of hydroxylamine groups is 2. The van der Waals surface area contributed by atoms with Gasteiger partial charge >= 0.3 is 6.09 Å². The van der Waals surface area contributed by atoms with E-state index < -0.39 is 6.09 Å². The number of aliphatic hydroxyl groups is 1. The number of carbonyl (C=O) groups is 1. The van der Waals surface area contributed by atoms with Gasteiger partial charge in [-0.2, -0.15) is 5.06 Å². The molecule has 2 heterocycles. The van der Waals surface area contributed by atoms with Crippen molar-refractivity contribution in [3.8, 4) is 17.2 Å². The summed E-state index contributed by atoms with van der Waals surface area (Å²) in [6.45, 7) is 29.5. The third kappa shape index (κ3) is 10.3. The standard InChI is InChI=1S/C25H34N2O4.C18H29NO2/c1-24(2,3)20-12-17(13-21(22(20)28)25(4,5)6)14-26-15-18(16-26)27(30)23(29)31-19-10-8-7-9-11-19;1-17(2,3)14-7-12(9-19-10-13(20)11-19)8-15(16(14)21)18(4,5)6/h7-13,18,28,30H,14-16H2,1-6H3;7-8,13,20-21H,9-11H2,1-6H3. The van der Waals surface area contributed by atoms with Crippen LogP contribution in [-0.4, -0.2) is 79.8 Å². The first-order valence-electron chi connectivity index (χ1n) is 18.5. The zero-order chi connectivity index (χ0) is 39.0. The van der Waals surface area contributed by atoms with Crippen LogP contribution in [0.1, 0.15) is 116 Å². The molecule has 0 saturated carbocycles. The number of ether oxygens (including phenoxy) is 1. The van der Waals surface area contributed by atoms with E-state index in [-0.39, 0.29) is 33.8 Å². The Kier molecular flexibility index (Phi) is 12.2. The Labute approximate surface area is 311 Å². The van der Waals surface area contributed by atoms with Crippen LogP contribution in [0.3, 0.4) is 0 Å². The summed E-state index contributed by atoms with van der Waals surface area (Å²) in [6, 6.07) is 16.8. The smallest absolute Gasteiger partial charge is 0.439 e. The van der Waals surface area contributed by atoms with Crippen LogP contribution in [0.2, 0.25) is 0 Å². The molecule has 0 atom stereocenters. The number of hydrogen-bond donors (Lipinski definition) is 4. The molecule has 286 valence electrons. The summed E-state index contributed by atoms with van der Waals surface area (Å²) in [5.41, 5.74) is 5.67. The number of rotatable bonds is 6. The van der Waals surface area contributed by atoms with Crippen molar-refractivity contribution in [2.45, 2.75) is 130 Å². The quantitative estimate of drug-likeness (QED) is 0.149. The highest BCUT2D eigenvalue weighted by atomic mass is 16.6. The molecule has 3 aromatic rings. The van der Waals surface area contributed by atoms with E-state index in [0.717, 1.165) is 47.5 Å². The summed E-state index contributed by atoms with van der Waals surface area (Å²) < 4.78 is 5.20. The molecule has 4 N–H and O–H groups in total. The van der Waals surface area contributed by atoms with Crippen LogP contribution in [0.25, 0.3) is 0 Å². The van der Waals surface area contributed by atoms with Gasteiger partial charge in [-0.15, -0.1) is 0 Å². The molecule has 2 saturated heterocycles. The summed E-state index contributed by atoms with van der Waals surface area (Å²) in [6.07, 6.45) is -0.947. The molecule has 5 rings (SSSR count). The van der Waals surface area contributed by atoms with Gasteiger partial charge in [0.2, 0.25) is 0 Å². The summed E-state index contributed by atoms with van der Waals surface area (Å²) in [5, 5.41) is 41.9. The van der Waals surface area contributed by atoms with E-state index in [4.69, 9.17) is 4.74 Å². The molecule has 9 heteroatoms. The molecule has 0 aromatic heterocycles. The first-order chi connectivity index (χ1) is 23.8. The van der Waals surface area contributed by atoms with Crippen molar-refractivity contribution >= 4 is 6.09 Å². The van der Waals surface area contributed by atoms with Crippen molar-refractivity contribution in [2.75, 3.05) is 26.2 Å². The molecule has 0 radical (unpaired) electrons. The normalized spacial score (nSPS) is 16.4. The molecule has 0 unspecified atom stereocenters. The highest BCUT2D eigenvalue weighted by molar-refractivity contribution is 5.69. The Morgan fingerprint density at radius 2 is 1.00 bits per heavy atom. The number of aliphatic hydroxyl groups excluding tert-OH is 1. The van der Waals surface area contributed by atoms with Crippen molar-refractivity contribution in [3.63, 3.8) is 0 Å². The largest absolute Gasteiger partial charge is 0.507 e. The number of aromatic hydroxyl groups is 2. The van der Waals surface area contributed by atoms with Gasteiger partial charge in [-0.1, -0.05) is 126 Å². The van der Waals surface area contributed by atoms with E-state index in [0.29, 0.717) is 41.9 Å². The predicted molar refractivity (Wildman–Crippen MR) is 207 cm³/mol. The highest BCUT2D eigenvalue weighted by Gasteiger charge is 2.36. The number of benzene rings is 3. The number of phenolic OH excluding ortho intramolecular Hbond substituents is 2. The Morgan fingerprint density at radius 1 is 0.654 bits per heavy atom. The van der Waals surface area contributed by atoms with Gasteiger partial charge in [-0.05, 0) is 67.2 Å². The zero-order valence-corrected chi connectivity index (χ0v) is 33.5. The third-order valence-corrected chi connectivity index (χ3v) is 9.74. The molecular formula is C43H63N3O6. The minimum atomic E-state index is -0.773. The Hall–Kier alpha value is -3.63. The number of nitrogens with zero attached hydrogens (tertiary/aromatic N) is 3. The maximum Gasteiger partial charge on any atom is 0.439 e. The van der Waals surface area contributed by atoms with Crippen LogP contribution in [0.5, 0.6) is 17.2 Å². The number of β-amino-alcohol motifs (C(OH)–C–C–N with tert-alkyl or cyclic N) is 1. The lowest BCUT2D eigenvalue weighted by Gasteiger charge is -2.42. The van der Waals surface area contributed by atoms with Gasteiger partial charge in [-0.25, -0.2) is 4.79 Å². The lowest BCUT2D eigenvalue weighted by atomic mass is 9.78. The van der Waals surface area contributed by atoms with Crippen molar-refractivity contribution in [1.29, 1.82) is 0 Å². The van der Waals surface area contributed by atoms with E-state index in [1.807, 2.05) is 6.07 Å². The van der Waals surface area contributed by atoms with E-state index in [9.17, 15) is 25.3 Å². The van der Waals surface area contributed by atoms with Gasteiger partial charge in [0, 0.05) is 39.3 Å². The second-order valence-corrected chi connectivity index (χ2v) is 18.8. The van der Waals surface area contributed by atoms with Crippen LogP contribution >= 0.6 is 0 Å². The van der Waals surface area contributed by atoms with Gasteiger partial charge < -0.3 is 20.1 Å². The van der Waals surface area contributed by atoms with Crippen molar-refractivity contribution < 1.29 is 30.1 Å².